The van der Waals surface area contributed by atoms with Crippen molar-refractivity contribution in [3.8, 4) is 0 Å². The number of fused-ring (bicyclic) bond motifs is 1. The van der Waals surface area contributed by atoms with Crippen LogP contribution < -0.4 is 5.32 Å². The van der Waals surface area contributed by atoms with Gasteiger partial charge in [0.1, 0.15) is 0 Å². The molecule has 164 valence electrons. The van der Waals surface area contributed by atoms with Crippen LogP contribution in [0.15, 0.2) is 48.1 Å². The second-order valence-corrected chi connectivity index (χ2v) is 9.23. The molecule has 0 radical (unpaired) electrons. The van der Waals surface area contributed by atoms with Gasteiger partial charge in [0.15, 0.2) is 0 Å². The van der Waals surface area contributed by atoms with E-state index in [0.29, 0.717) is 18.3 Å². The first-order chi connectivity index (χ1) is 14.4. The number of nitrogens with zero attached hydrogens (tertiary/aromatic N) is 1. The molecule has 0 heterocycles. The van der Waals surface area contributed by atoms with E-state index in [2.05, 4.69) is 54.7 Å². The first-order valence-electron chi connectivity index (χ1n) is 11.4. The molecular weight excluding hydrogens is 372 g/mol. The summed E-state index contributed by atoms with van der Waals surface area (Å²) >= 11 is 0. The van der Waals surface area contributed by atoms with E-state index in [1.807, 2.05) is 0 Å². The Morgan fingerprint density at radius 2 is 2.10 bits per heavy atom. The van der Waals surface area contributed by atoms with Gasteiger partial charge in [-0.05, 0) is 63.0 Å². The molecule has 0 unspecified atom stereocenters. The summed E-state index contributed by atoms with van der Waals surface area (Å²) in [5.74, 6) is 1.53. The number of carbonyl (C=O) groups excluding carboxylic acids is 1. The Bertz CT molecular complexity index is 768. The highest BCUT2D eigenvalue weighted by molar-refractivity contribution is 5.75. The quantitative estimate of drug-likeness (QED) is 0.455. The summed E-state index contributed by atoms with van der Waals surface area (Å²) in [6.07, 6.45) is 12.5. The number of rotatable bonds is 10. The molecule has 0 saturated heterocycles. The van der Waals surface area contributed by atoms with E-state index in [1.54, 1.807) is 19.0 Å². The van der Waals surface area contributed by atoms with Crippen LogP contribution in [0.1, 0.15) is 43.2 Å². The highest BCUT2D eigenvalue weighted by Crippen LogP contribution is 2.47. The van der Waals surface area contributed by atoms with Gasteiger partial charge >= 0.3 is 0 Å². The second kappa shape index (κ2) is 10.9. The molecule has 2 aliphatic carbocycles. The van der Waals surface area contributed by atoms with Crippen molar-refractivity contribution in [2.75, 3.05) is 27.2 Å². The molecule has 4 nitrogen and oxygen atoms in total. The Hall–Kier alpha value is -1.91. The van der Waals surface area contributed by atoms with Crippen molar-refractivity contribution in [2.45, 2.75) is 51.6 Å². The average Bonchev–Trinajstić information content (AvgIpc) is 3.21. The number of benzene rings is 1. The highest BCUT2D eigenvalue weighted by atomic mass is 16.3. The number of aliphatic hydroxyl groups is 1. The third-order valence-corrected chi connectivity index (χ3v) is 6.63. The van der Waals surface area contributed by atoms with Gasteiger partial charge in [-0.25, -0.2) is 0 Å². The number of aryl methyl sites for hydroxylation is 2. The summed E-state index contributed by atoms with van der Waals surface area (Å²) in [5, 5.41) is 13.9. The zero-order chi connectivity index (χ0) is 21.5. The lowest BCUT2D eigenvalue weighted by Gasteiger charge is -2.18. The molecule has 1 fully saturated rings. The van der Waals surface area contributed by atoms with E-state index in [0.717, 1.165) is 45.2 Å². The van der Waals surface area contributed by atoms with E-state index in [-0.39, 0.29) is 17.9 Å². The summed E-state index contributed by atoms with van der Waals surface area (Å²) in [6.45, 7) is 3.80. The number of amides is 1. The van der Waals surface area contributed by atoms with Gasteiger partial charge in [0.2, 0.25) is 5.91 Å². The largest absolute Gasteiger partial charge is 0.392 e. The Balaban J connectivity index is 1.39. The highest BCUT2D eigenvalue weighted by Gasteiger charge is 2.43. The van der Waals surface area contributed by atoms with Gasteiger partial charge in [-0.15, -0.1) is 0 Å². The Morgan fingerprint density at radius 3 is 2.87 bits per heavy atom. The molecule has 4 heteroatoms. The Morgan fingerprint density at radius 1 is 1.27 bits per heavy atom. The van der Waals surface area contributed by atoms with E-state index >= 15 is 0 Å². The fourth-order valence-corrected chi connectivity index (χ4v) is 4.95. The maximum Gasteiger partial charge on any atom is 0.223 e. The molecule has 2 N–H and O–H groups in total. The topological polar surface area (TPSA) is 52.6 Å². The van der Waals surface area contributed by atoms with Crippen LogP contribution in [0.25, 0.3) is 0 Å². The molecular formula is C26H38N2O2. The Labute approximate surface area is 182 Å². The predicted octanol–water partition coefficient (Wildman–Crippen LogP) is 3.89. The predicted molar refractivity (Wildman–Crippen MR) is 123 cm³/mol. The summed E-state index contributed by atoms with van der Waals surface area (Å²) in [5.41, 5.74) is 4.21. The molecule has 1 saturated carbocycles. The van der Waals surface area contributed by atoms with Crippen molar-refractivity contribution >= 4 is 5.91 Å². The molecule has 1 amide bonds. The van der Waals surface area contributed by atoms with E-state index in [9.17, 15) is 9.90 Å². The number of carbonyl (C=O) groups is 1. The molecule has 30 heavy (non-hydrogen) atoms. The van der Waals surface area contributed by atoms with Crippen LogP contribution in [0.3, 0.4) is 0 Å². The van der Waals surface area contributed by atoms with Gasteiger partial charge in [0.05, 0.1) is 6.10 Å². The molecule has 3 rings (SSSR count). The van der Waals surface area contributed by atoms with Crippen molar-refractivity contribution in [3.63, 3.8) is 0 Å². The van der Waals surface area contributed by atoms with Crippen LogP contribution in [-0.2, 0) is 11.2 Å². The monoisotopic (exact) mass is 410 g/mol. The maximum atomic E-state index is 11.6. The van der Waals surface area contributed by atoms with Crippen molar-refractivity contribution in [2.24, 2.45) is 17.8 Å². The van der Waals surface area contributed by atoms with Crippen LogP contribution in [0.5, 0.6) is 0 Å². The van der Waals surface area contributed by atoms with Gasteiger partial charge in [0, 0.05) is 33.0 Å². The van der Waals surface area contributed by atoms with Crippen LogP contribution >= 0.6 is 0 Å². The van der Waals surface area contributed by atoms with Gasteiger partial charge in [-0.3, -0.25) is 4.79 Å². The summed E-state index contributed by atoms with van der Waals surface area (Å²) in [4.78, 5) is 13.3. The third kappa shape index (κ3) is 6.29. The molecule has 2 aliphatic rings. The van der Waals surface area contributed by atoms with E-state index in [4.69, 9.17) is 0 Å². The fraction of sp³-hybridized carbons (Fsp3) is 0.577. The zero-order valence-electron chi connectivity index (χ0n) is 18.8. The van der Waals surface area contributed by atoms with Crippen molar-refractivity contribution < 1.29 is 9.90 Å². The molecule has 0 bridgehead atoms. The van der Waals surface area contributed by atoms with Gasteiger partial charge in [0.25, 0.3) is 0 Å². The van der Waals surface area contributed by atoms with Crippen LogP contribution in [0.4, 0.5) is 0 Å². The second-order valence-electron chi connectivity index (χ2n) is 9.23. The lowest BCUT2D eigenvalue weighted by Crippen LogP contribution is -2.27. The summed E-state index contributed by atoms with van der Waals surface area (Å²) in [7, 11) is 3.60. The van der Waals surface area contributed by atoms with Gasteiger partial charge < -0.3 is 15.3 Å². The smallest absolute Gasteiger partial charge is 0.223 e. The van der Waals surface area contributed by atoms with Crippen molar-refractivity contribution in [1.29, 1.82) is 0 Å². The first kappa shape index (κ1) is 22.8. The number of hydrogen-bond acceptors (Lipinski definition) is 3. The lowest BCUT2D eigenvalue weighted by atomic mass is 9.89. The number of allylic oxidation sites excluding steroid dienone is 2. The fourth-order valence-electron chi connectivity index (χ4n) is 4.95. The SMILES string of the molecule is Cc1cccc(CCC=C[C@@H]2[C@H]3CC(CCNCCC(=O)N(C)C)=C[C@H]3C[C@H]2O)c1. The van der Waals surface area contributed by atoms with Crippen molar-refractivity contribution in [1.82, 2.24) is 10.2 Å². The maximum absolute atomic E-state index is 11.6. The molecule has 0 aromatic heterocycles. The van der Waals surface area contributed by atoms with E-state index < -0.39 is 0 Å². The minimum atomic E-state index is -0.205. The minimum Gasteiger partial charge on any atom is -0.392 e. The molecule has 1 aromatic rings. The molecule has 1 aromatic carbocycles. The van der Waals surface area contributed by atoms with Gasteiger partial charge in [-0.1, -0.05) is 53.6 Å². The van der Waals surface area contributed by atoms with Crippen molar-refractivity contribution in [3.05, 3.63) is 59.2 Å². The van der Waals surface area contributed by atoms with Gasteiger partial charge in [-0.2, -0.15) is 0 Å². The molecule has 0 spiro atoms. The lowest BCUT2D eigenvalue weighted by molar-refractivity contribution is -0.128. The number of nitrogens with one attached hydrogen (secondary N) is 1. The first-order valence-corrected chi connectivity index (χ1v) is 11.4. The minimum absolute atomic E-state index is 0.170. The van der Waals surface area contributed by atoms with Crippen LogP contribution in [0, 0.1) is 24.7 Å². The van der Waals surface area contributed by atoms with Crippen LogP contribution in [0.2, 0.25) is 0 Å². The molecule has 4 atom stereocenters. The van der Waals surface area contributed by atoms with E-state index in [1.165, 1.54) is 16.7 Å². The zero-order valence-corrected chi connectivity index (χ0v) is 18.8. The number of aliphatic hydroxyl groups excluding tert-OH is 1. The normalized spacial score (nSPS) is 25.5. The summed E-state index contributed by atoms with van der Waals surface area (Å²) in [6, 6.07) is 8.71. The molecule has 0 aliphatic heterocycles. The standard InChI is InChI=1S/C26H38N2O2/c1-19-7-6-9-20(15-19)8-4-5-10-23-24-17-21(16-22(24)18-25(23)29)11-13-27-14-12-26(30)28(2)3/h5-7,9-10,15-16,22-25,27,29H,4,8,11-14,17-18H2,1-3H3/t22-,23+,24-,25+/m0/s1. The third-order valence-electron chi connectivity index (χ3n) is 6.63. The van der Waals surface area contributed by atoms with Crippen LogP contribution in [-0.4, -0.2) is 49.2 Å². The average molecular weight is 411 g/mol. The summed E-state index contributed by atoms with van der Waals surface area (Å²) < 4.78 is 0. The number of hydrogen-bond donors (Lipinski definition) is 2. The Kier molecular flexibility index (Phi) is 8.29.